The summed E-state index contributed by atoms with van der Waals surface area (Å²) in [5.74, 6) is 0.839. The fraction of sp³-hybridized carbons (Fsp3) is 0.483. The van der Waals surface area contributed by atoms with E-state index in [0.717, 1.165) is 59.2 Å². The predicted octanol–water partition coefficient (Wildman–Crippen LogP) is 4.65. The molecule has 7 rings (SSSR count). The van der Waals surface area contributed by atoms with Crippen LogP contribution in [0.3, 0.4) is 0 Å². The Labute approximate surface area is 232 Å². The van der Waals surface area contributed by atoms with Gasteiger partial charge in [0.1, 0.15) is 23.0 Å². The minimum absolute atomic E-state index is 0.0890. The van der Waals surface area contributed by atoms with E-state index < -0.39 is 5.60 Å². The summed E-state index contributed by atoms with van der Waals surface area (Å²) in [6.07, 6.45) is 8.56. The standard InChI is InChI=1S/C29H34N8O3/c1-29(2,3)40-28(38)36-15-20-13-35(14-21(20)16-36)27-32-24(18-8-9-22-19(11-18)12-31-34(22)4)25-26(33-27)37(17-30-25)23-7-5-6-10-39-23/h8-9,11-13,17,21,23H,5-7,10,14-16H2,1-4H3. The van der Waals surface area contributed by atoms with Crippen molar-refractivity contribution in [2.75, 3.05) is 31.1 Å². The summed E-state index contributed by atoms with van der Waals surface area (Å²) in [4.78, 5) is 31.5. The molecule has 4 aromatic rings. The fourth-order valence-corrected chi connectivity index (χ4v) is 5.91. The van der Waals surface area contributed by atoms with Crippen LogP contribution in [0, 0.1) is 5.92 Å². The van der Waals surface area contributed by atoms with Crippen molar-refractivity contribution in [2.24, 2.45) is 13.0 Å². The second kappa shape index (κ2) is 9.29. The summed E-state index contributed by atoms with van der Waals surface area (Å²) < 4.78 is 15.6. The van der Waals surface area contributed by atoms with Crippen molar-refractivity contribution in [3.8, 4) is 11.3 Å². The molecule has 2 unspecified atom stereocenters. The van der Waals surface area contributed by atoms with Gasteiger partial charge in [-0.15, -0.1) is 0 Å². The maximum atomic E-state index is 12.7. The number of carbonyl (C=O) groups excluding carboxylic acids is 1. The number of fused-ring (bicyclic) bond motifs is 3. The zero-order chi connectivity index (χ0) is 27.6. The van der Waals surface area contributed by atoms with Crippen LogP contribution < -0.4 is 4.90 Å². The van der Waals surface area contributed by atoms with E-state index in [1.807, 2.05) is 45.0 Å². The van der Waals surface area contributed by atoms with Crippen LogP contribution >= 0.6 is 0 Å². The first kappa shape index (κ1) is 25.0. The molecule has 3 aromatic heterocycles. The Morgan fingerprint density at radius 3 is 2.80 bits per heavy atom. The topological polar surface area (TPSA) is 103 Å². The number of nitrogens with zero attached hydrogens (tertiary/aromatic N) is 8. The number of benzene rings is 1. The molecule has 0 saturated carbocycles. The van der Waals surface area contributed by atoms with Crippen LogP contribution in [-0.4, -0.2) is 72.1 Å². The molecule has 0 N–H and O–H groups in total. The zero-order valence-corrected chi connectivity index (χ0v) is 23.4. The molecule has 2 fully saturated rings. The van der Waals surface area contributed by atoms with Crippen LogP contribution in [0.2, 0.25) is 0 Å². The summed E-state index contributed by atoms with van der Waals surface area (Å²) in [6, 6.07) is 6.25. The van der Waals surface area contributed by atoms with Gasteiger partial charge in [0, 0.05) is 56.4 Å². The van der Waals surface area contributed by atoms with E-state index >= 15 is 0 Å². The van der Waals surface area contributed by atoms with Crippen LogP contribution in [0.5, 0.6) is 0 Å². The van der Waals surface area contributed by atoms with Crippen molar-refractivity contribution in [2.45, 2.75) is 51.9 Å². The Morgan fingerprint density at radius 1 is 1.15 bits per heavy atom. The molecule has 1 aromatic carbocycles. The van der Waals surface area contributed by atoms with Gasteiger partial charge in [-0.25, -0.2) is 14.8 Å². The minimum Gasteiger partial charge on any atom is -0.444 e. The van der Waals surface area contributed by atoms with E-state index in [2.05, 4.69) is 39.0 Å². The van der Waals surface area contributed by atoms with Crippen LogP contribution in [0.15, 0.2) is 42.5 Å². The number of amides is 1. The van der Waals surface area contributed by atoms with Gasteiger partial charge in [-0.05, 0) is 57.7 Å². The normalized spacial score (nSPS) is 21.4. The maximum Gasteiger partial charge on any atom is 0.410 e. The Balaban J connectivity index is 1.27. The average molecular weight is 543 g/mol. The molecule has 11 heteroatoms. The number of aromatic nitrogens is 6. The first-order valence-corrected chi connectivity index (χ1v) is 14.0. The first-order chi connectivity index (χ1) is 19.2. The van der Waals surface area contributed by atoms with Crippen molar-refractivity contribution in [3.05, 3.63) is 42.5 Å². The quantitative estimate of drug-likeness (QED) is 0.369. The summed E-state index contributed by atoms with van der Waals surface area (Å²) in [5, 5.41) is 5.45. The molecule has 0 spiro atoms. The molecular formula is C29H34N8O3. The molecule has 2 saturated heterocycles. The van der Waals surface area contributed by atoms with E-state index in [-0.39, 0.29) is 18.2 Å². The van der Waals surface area contributed by atoms with Gasteiger partial charge >= 0.3 is 6.09 Å². The number of hydrogen-bond donors (Lipinski definition) is 0. The smallest absolute Gasteiger partial charge is 0.410 e. The molecule has 6 heterocycles. The molecule has 11 nitrogen and oxygen atoms in total. The van der Waals surface area contributed by atoms with Gasteiger partial charge in [-0.1, -0.05) is 6.07 Å². The van der Waals surface area contributed by atoms with Crippen LogP contribution in [0.4, 0.5) is 10.7 Å². The summed E-state index contributed by atoms with van der Waals surface area (Å²) in [7, 11) is 1.94. The Kier molecular flexibility index (Phi) is 5.81. The van der Waals surface area contributed by atoms with E-state index in [4.69, 9.17) is 24.4 Å². The summed E-state index contributed by atoms with van der Waals surface area (Å²) >= 11 is 0. The van der Waals surface area contributed by atoms with Gasteiger partial charge in [-0.3, -0.25) is 9.25 Å². The highest BCUT2D eigenvalue weighted by Gasteiger charge is 2.38. The van der Waals surface area contributed by atoms with Crippen molar-refractivity contribution in [3.63, 3.8) is 0 Å². The number of carbonyl (C=O) groups is 1. The highest BCUT2D eigenvalue weighted by molar-refractivity contribution is 5.92. The molecule has 3 aliphatic heterocycles. The lowest BCUT2D eigenvalue weighted by atomic mass is 10.1. The van der Waals surface area contributed by atoms with Crippen molar-refractivity contribution < 1.29 is 14.3 Å². The van der Waals surface area contributed by atoms with Gasteiger partial charge in [0.15, 0.2) is 5.65 Å². The fourth-order valence-electron chi connectivity index (χ4n) is 5.91. The van der Waals surface area contributed by atoms with E-state index in [1.165, 1.54) is 5.57 Å². The second-order valence-corrected chi connectivity index (χ2v) is 12.0. The lowest BCUT2D eigenvalue weighted by Gasteiger charge is -2.25. The third-order valence-electron chi connectivity index (χ3n) is 7.88. The summed E-state index contributed by atoms with van der Waals surface area (Å²) in [5.41, 5.74) is 5.00. The van der Waals surface area contributed by atoms with Gasteiger partial charge < -0.3 is 19.3 Å². The van der Waals surface area contributed by atoms with Crippen molar-refractivity contribution >= 4 is 34.1 Å². The molecule has 0 bridgehead atoms. The molecule has 3 aliphatic rings. The average Bonchev–Trinajstić information content (AvgIpc) is 3.70. The molecule has 2 atom stereocenters. The number of likely N-dealkylation sites (tertiary alicyclic amines) is 1. The number of anilines is 1. The number of imidazole rings is 1. The number of ether oxygens (including phenoxy) is 2. The molecule has 0 radical (unpaired) electrons. The van der Waals surface area contributed by atoms with Crippen molar-refractivity contribution in [1.29, 1.82) is 0 Å². The highest BCUT2D eigenvalue weighted by atomic mass is 16.6. The maximum absolute atomic E-state index is 12.7. The van der Waals surface area contributed by atoms with Crippen LogP contribution in [-0.2, 0) is 16.5 Å². The predicted molar refractivity (Wildman–Crippen MR) is 151 cm³/mol. The van der Waals surface area contributed by atoms with E-state index in [9.17, 15) is 4.79 Å². The highest BCUT2D eigenvalue weighted by Crippen LogP contribution is 2.36. The Bertz CT molecular complexity index is 1640. The van der Waals surface area contributed by atoms with E-state index in [1.54, 1.807) is 4.90 Å². The largest absolute Gasteiger partial charge is 0.444 e. The Hall–Kier alpha value is -3.99. The third kappa shape index (κ3) is 4.38. The second-order valence-electron chi connectivity index (χ2n) is 12.0. The van der Waals surface area contributed by atoms with Gasteiger partial charge in [0.25, 0.3) is 0 Å². The van der Waals surface area contributed by atoms with Crippen molar-refractivity contribution in [1.82, 2.24) is 34.2 Å². The molecular weight excluding hydrogens is 508 g/mol. The number of rotatable bonds is 3. The monoisotopic (exact) mass is 542 g/mol. The summed E-state index contributed by atoms with van der Waals surface area (Å²) in [6.45, 7) is 8.29. The number of aryl methyl sites for hydroxylation is 1. The van der Waals surface area contributed by atoms with E-state index in [0.29, 0.717) is 25.6 Å². The molecule has 1 amide bonds. The lowest BCUT2D eigenvalue weighted by Crippen LogP contribution is -2.36. The van der Waals surface area contributed by atoms with Gasteiger partial charge in [-0.2, -0.15) is 10.1 Å². The molecule has 0 aliphatic carbocycles. The minimum atomic E-state index is -0.515. The lowest BCUT2D eigenvalue weighted by molar-refractivity contribution is -0.0298. The van der Waals surface area contributed by atoms with Crippen LogP contribution in [0.1, 0.15) is 46.3 Å². The SMILES string of the molecule is Cn1ncc2cc(-c3nc(N4C=C5CN(C(=O)OC(C)(C)C)CC5C4)nc4c3ncn4C3CCCCO3)ccc21. The zero-order valence-electron chi connectivity index (χ0n) is 23.4. The first-order valence-electron chi connectivity index (χ1n) is 14.0. The molecule has 40 heavy (non-hydrogen) atoms. The van der Waals surface area contributed by atoms with Crippen LogP contribution in [0.25, 0.3) is 33.3 Å². The van der Waals surface area contributed by atoms with Gasteiger partial charge in [0.05, 0.1) is 18.0 Å². The molecule has 208 valence electrons. The third-order valence-corrected chi connectivity index (χ3v) is 7.88. The van der Waals surface area contributed by atoms with Gasteiger partial charge in [0.2, 0.25) is 5.95 Å². The number of hydrogen-bond acceptors (Lipinski definition) is 8. The Morgan fingerprint density at radius 2 is 2.02 bits per heavy atom.